The number of fused-ring (bicyclic) bond motifs is 2. The molecule has 0 bridgehead atoms. The van der Waals surface area contributed by atoms with Crippen molar-refractivity contribution in [1.82, 2.24) is 10.3 Å². The van der Waals surface area contributed by atoms with E-state index in [1.807, 2.05) is 24.3 Å². The Hall–Kier alpha value is -3.39. The van der Waals surface area contributed by atoms with E-state index in [0.717, 1.165) is 17.6 Å². The van der Waals surface area contributed by atoms with E-state index >= 15 is 0 Å². The van der Waals surface area contributed by atoms with Crippen molar-refractivity contribution in [3.8, 4) is 0 Å². The molecule has 200 valence electrons. The number of ether oxygens (including phenoxy) is 1. The van der Waals surface area contributed by atoms with E-state index in [9.17, 15) is 22.8 Å². The largest absolute Gasteiger partial charge is 0.452 e. The summed E-state index contributed by atoms with van der Waals surface area (Å²) >= 11 is 6.06. The van der Waals surface area contributed by atoms with Crippen molar-refractivity contribution in [3.63, 3.8) is 0 Å². The number of para-hydroxylation sites is 1. The molecule has 4 rings (SSSR count). The van der Waals surface area contributed by atoms with Crippen molar-refractivity contribution in [2.45, 2.75) is 39.8 Å². The molecular weight excluding hydrogens is 517 g/mol. The molecule has 1 heterocycles. The third-order valence-electron chi connectivity index (χ3n) is 6.67. The average molecular weight is 545 g/mol. The van der Waals surface area contributed by atoms with Crippen LogP contribution in [0.5, 0.6) is 0 Å². The van der Waals surface area contributed by atoms with Gasteiger partial charge in [0.05, 0.1) is 16.8 Å². The Labute approximate surface area is 224 Å². The van der Waals surface area contributed by atoms with E-state index in [1.54, 1.807) is 35.6 Å². The second-order valence-electron chi connectivity index (χ2n) is 10.5. The summed E-state index contributed by atoms with van der Waals surface area (Å²) in [6, 6.07) is 14.6. The summed E-state index contributed by atoms with van der Waals surface area (Å²) in [6.07, 6.45) is -1.23. The molecule has 1 atom stereocenters. The van der Waals surface area contributed by atoms with E-state index in [0.29, 0.717) is 33.6 Å². The van der Waals surface area contributed by atoms with Crippen molar-refractivity contribution in [3.05, 3.63) is 75.9 Å². The van der Waals surface area contributed by atoms with Crippen molar-refractivity contribution in [2.24, 2.45) is 11.3 Å². The van der Waals surface area contributed by atoms with E-state index in [2.05, 4.69) is 20.8 Å². The van der Waals surface area contributed by atoms with Crippen LogP contribution in [-0.4, -0.2) is 36.2 Å². The van der Waals surface area contributed by atoms with Gasteiger partial charge in [-0.05, 0) is 65.1 Å². The van der Waals surface area contributed by atoms with Crippen LogP contribution in [-0.2, 0) is 16.0 Å². The molecule has 1 aromatic heterocycles. The molecule has 0 radical (unpaired) electrons. The highest BCUT2D eigenvalue weighted by Crippen LogP contribution is 2.44. The van der Waals surface area contributed by atoms with Gasteiger partial charge >= 0.3 is 12.1 Å². The predicted octanol–water partition coefficient (Wildman–Crippen LogP) is 6.87. The van der Waals surface area contributed by atoms with E-state index in [-0.39, 0.29) is 16.9 Å². The third kappa shape index (κ3) is 6.54. The molecule has 1 unspecified atom stereocenters. The summed E-state index contributed by atoms with van der Waals surface area (Å²) in [4.78, 5) is 30.2. The zero-order chi connectivity index (χ0) is 27.7. The van der Waals surface area contributed by atoms with Crippen molar-refractivity contribution in [1.29, 1.82) is 0 Å². The molecule has 5 nitrogen and oxygen atoms in total. The maximum absolute atomic E-state index is 13.4. The lowest BCUT2D eigenvalue weighted by Gasteiger charge is -2.36. The minimum absolute atomic E-state index is 0.0962. The number of aromatic nitrogens is 1. The molecule has 38 heavy (non-hydrogen) atoms. The maximum atomic E-state index is 13.4. The van der Waals surface area contributed by atoms with Gasteiger partial charge in [0.15, 0.2) is 6.61 Å². The minimum atomic E-state index is -4.56. The number of nitrogens with one attached hydrogen (secondary N) is 1. The smallest absolute Gasteiger partial charge is 0.405 e. The Kier molecular flexibility index (Phi) is 7.83. The van der Waals surface area contributed by atoms with Gasteiger partial charge in [-0.2, -0.15) is 13.2 Å². The van der Waals surface area contributed by atoms with Crippen molar-refractivity contribution in [2.75, 3.05) is 13.2 Å². The fourth-order valence-electron chi connectivity index (χ4n) is 4.58. The fourth-order valence-corrected chi connectivity index (χ4v) is 4.71. The number of carbonyl (C=O) groups excluding carboxylic acids is 2. The number of hydrogen-bond donors (Lipinski definition) is 1. The monoisotopic (exact) mass is 544 g/mol. The van der Waals surface area contributed by atoms with Crippen LogP contribution in [0.2, 0.25) is 5.02 Å². The van der Waals surface area contributed by atoms with Crippen LogP contribution in [0.1, 0.15) is 54.4 Å². The lowest BCUT2D eigenvalue weighted by Crippen LogP contribution is -2.36. The van der Waals surface area contributed by atoms with Gasteiger partial charge in [0.1, 0.15) is 6.54 Å². The molecule has 1 amide bonds. The zero-order valence-electron chi connectivity index (χ0n) is 21.3. The lowest BCUT2D eigenvalue weighted by atomic mass is 9.69. The van der Waals surface area contributed by atoms with Gasteiger partial charge in [0.25, 0.3) is 5.91 Å². The van der Waals surface area contributed by atoms with Gasteiger partial charge in [0.2, 0.25) is 0 Å². The summed E-state index contributed by atoms with van der Waals surface area (Å²) in [5.74, 6) is -1.64. The van der Waals surface area contributed by atoms with Gasteiger partial charge in [-0.1, -0.05) is 62.7 Å². The Morgan fingerprint density at radius 2 is 1.76 bits per heavy atom. The van der Waals surface area contributed by atoms with Crippen LogP contribution in [0.4, 0.5) is 13.2 Å². The summed E-state index contributed by atoms with van der Waals surface area (Å²) in [7, 11) is 0. The summed E-state index contributed by atoms with van der Waals surface area (Å²) in [6.45, 7) is 4.10. The molecular formula is C29H28ClF3N2O3. The highest BCUT2D eigenvalue weighted by Gasteiger charge is 2.35. The number of hydrogen-bond acceptors (Lipinski definition) is 4. The number of pyridine rings is 1. The van der Waals surface area contributed by atoms with Crippen molar-refractivity contribution < 1.29 is 27.5 Å². The average Bonchev–Trinajstić information content (AvgIpc) is 2.85. The normalized spacial score (nSPS) is 16.8. The number of benzene rings is 2. The van der Waals surface area contributed by atoms with Crippen LogP contribution >= 0.6 is 11.6 Å². The Morgan fingerprint density at radius 1 is 1.08 bits per heavy atom. The first-order valence-corrected chi connectivity index (χ1v) is 12.6. The standard InChI is InChI=1S/C29H28ClF3N2O3/c1-28(2,3)19-13-18(12-17-8-10-20(30)11-9-17)26-22(14-19)25(21-6-4-5-7-23(21)35-26)27(37)38-15-24(36)34-16-29(31,32)33/h4-12,19H,13-16H2,1-3H3,(H,34,36)/b18-12-. The predicted molar refractivity (Wildman–Crippen MR) is 142 cm³/mol. The van der Waals surface area contributed by atoms with Gasteiger partial charge in [-0.15, -0.1) is 0 Å². The summed E-state index contributed by atoms with van der Waals surface area (Å²) < 4.78 is 42.6. The molecule has 0 aliphatic heterocycles. The van der Waals surface area contributed by atoms with Gasteiger partial charge in [0, 0.05) is 10.4 Å². The first-order valence-electron chi connectivity index (χ1n) is 12.2. The fraction of sp³-hybridized carbons (Fsp3) is 0.345. The number of halogens is 4. The number of amides is 1. The second-order valence-corrected chi connectivity index (χ2v) is 10.9. The molecule has 0 saturated heterocycles. The third-order valence-corrected chi connectivity index (χ3v) is 6.93. The first-order chi connectivity index (χ1) is 17.8. The topological polar surface area (TPSA) is 68.3 Å². The minimum Gasteiger partial charge on any atom is -0.452 e. The summed E-state index contributed by atoms with van der Waals surface area (Å²) in [5.41, 5.74) is 4.03. The highest BCUT2D eigenvalue weighted by molar-refractivity contribution is 6.30. The Morgan fingerprint density at radius 3 is 2.42 bits per heavy atom. The number of esters is 1. The number of alkyl halides is 3. The van der Waals surface area contributed by atoms with Crippen LogP contribution in [0.25, 0.3) is 22.6 Å². The van der Waals surface area contributed by atoms with Crippen LogP contribution in [0.3, 0.4) is 0 Å². The van der Waals surface area contributed by atoms with Gasteiger partial charge in [-0.3, -0.25) is 4.79 Å². The molecule has 0 saturated carbocycles. The quantitative estimate of drug-likeness (QED) is 0.356. The van der Waals surface area contributed by atoms with Crippen LogP contribution in [0.15, 0.2) is 48.5 Å². The maximum Gasteiger partial charge on any atom is 0.405 e. The van der Waals surface area contributed by atoms with E-state index in [1.165, 1.54) is 0 Å². The van der Waals surface area contributed by atoms with Crippen LogP contribution in [0, 0.1) is 11.3 Å². The first kappa shape index (κ1) is 27.6. The number of carbonyl (C=O) groups is 2. The zero-order valence-corrected chi connectivity index (χ0v) is 22.0. The Balaban J connectivity index is 1.78. The SMILES string of the molecule is CC(C)(C)C1C/C(=C/c2ccc(Cl)cc2)c2nc3ccccc3c(C(=O)OCC(=O)NCC(F)(F)F)c2C1. The van der Waals surface area contributed by atoms with Crippen LogP contribution < -0.4 is 5.32 Å². The van der Waals surface area contributed by atoms with E-state index < -0.39 is 31.2 Å². The molecule has 3 aromatic rings. The van der Waals surface area contributed by atoms with Gasteiger partial charge < -0.3 is 10.1 Å². The molecule has 2 aromatic carbocycles. The molecule has 1 N–H and O–H groups in total. The molecule has 1 aliphatic carbocycles. The lowest BCUT2D eigenvalue weighted by molar-refractivity contribution is -0.140. The molecule has 9 heteroatoms. The number of nitrogens with zero attached hydrogens (tertiary/aromatic N) is 1. The van der Waals surface area contributed by atoms with Gasteiger partial charge in [-0.25, -0.2) is 9.78 Å². The molecule has 0 spiro atoms. The number of rotatable bonds is 5. The molecule has 0 fully saturated rings. The molecule has 1 aliphatic rings. The number of allylic oxidation sites excluding steroid dienone is 1. The van der Waals surface area contributed by atoms with Crippen molar-refractivity contribution >= 4 is 46.0 Å². The Bertz CT molecular complexity index is 1390. The van der Waals surface area contributed by atoms with E-state index in [4.69, 9.17) is 21.3 Å². The highest BCUT2D eigenvalue weighted by atomic mass is 35.5. The second kappa shape index (κ2) is 10.8. The summed E-state index contributed by atoms with van der Waals surface area (Å²) in [5, 5.41) is 2.91.